The second-order valence-electron chi connectivity index (χ2n) is 5.67. The van der Waals surface area contributed by atoms with Crippen LogP contribution in [0.15, 0.2) is 27.6 Å². The third kappa shape index (κ3) is 3.16. The Morgan fingerprint density at radius 2 is 2.10 bits per heavy atom. The predicted molar refractivity (Wildman–Crippen MR) is 81.9 cm³/mol. The van der Waals surface area contributed by atoms with E-state index in [4.69, 9.17) is 10.5 Å². The van der Waals surface area contributed by atoms with Crippen LogP contribution in [-0.2, 0) is 14.8 Å². The summed E-state index contributed by atoms with van der Waals surface area (Å²) in [7, 11) is -3.62. The molecule has 1 unspecified atom stereocenters. The number of nitrogens with zero attached hydrogens (tertiary/aromatic N) is 1. The summed E-state index contributed by atoms with van der Waals surface area (Å²) in [6.07, 6.45) is -0.151. The number of nitrogens with two attached hydrogens (primary N) is 1. The van der Waals surface area contributed by atoms with E-state index in [2.05, 4.69) is 15.9 Å². The van der Waals surface area contributed by atoms with Crippen LogP contribution in [0.25, 0.3) is 0 Å². The van der Waals surface area contributed by atoms with Crippen molar-refractivity contribution in [2.45, 2.75) is 37.4 Å². The zero-order chi connectivity index (χ0) is 15.1. The molecule has 0 aromatic heterocycles. The van der Waals surface area contributed by atoms with Gasteiger partial charge in [0.1, 0.15) is 4.90 Å². The zero-order valence-corrected chi connectivity index (χ0v) is 14.2. The molecule has 1 aliphatic rings. The zero-order valence-electron chi connectivity index (χ0n) is 11.8. The number of nitrogen functional groups attached to an aromatic ring is 1. The summed E-state index contributed by atoms with van der Waals surface area (Å²) in [6, 6.07) is 4.85. The molecule has 0 saturated carbocycles. The Hall–Kier alpha value is -0.630. The Morgan fingerprint density at radius 3 is 2.70 bits per heavy atom. The predicted octanol–water partition coefficient (Wildman–Crippen LogP) is 2.22. The standard InChI is InChI=1S/C13H19BrN2O3S/c1-9-7-16(8-13(2,3)19-9)20(17,18)12-6-10(14)4-5-11(12)15/h4-6,9H,7-8,15H2,1-3H3. The van der Waals surface area contributed by atoms with Crippen LogP contribution < -0.4 is 5.73 Å². The average Bonchev–Trinajstić information content (AvgIpc) is 2.29. The molecule has 5 nitrogen and oxygen atoms in total. The summed E-state index contributed by atoms with van der Waals surface area (Å²) < 4.78 is 33.4. The minimum atomic E-state index is -3.62. The van der Waals surface area contributed by atoms with Gasteiger partial charge in [-0.1, -0.05) is 15.9 Å². The highest BCUT2D eigenvalue weighted by molar-refractivity contribution is 9.10. The Balaban J connectivity index is 2.42. The van der Waals surface area contributed by atoms with Crippen molar-refractivity contribution in [2.24, 2.45) is 0 Å². The summed E-state index contributed by atoms with van der Waals surface area (Å²) >= 11 is 3.28. The maximum Gasteiger partial charge on any atom is 0.245 e. The monoisotopic (exact) mass is 362 g/mol. The molecule has 1 fully saturated rings. The van der Waals surface area contributed by atoms with Crippen LogP contribution in [0.4, 0.5) is 5.69 Å². The van der Waals surface area contributed by atoms with E-state index in [1.165, 1.54) is 10.4 Å². The van der Waals surface area contributed by atoms with Crippen LogP contribution in [-0.4, -0.2) is 37.5 Å². The fraction of sp³-hybridized carbons (Fsp3) is 0.538. The van der Waals surface area contributed by atoms with Crippen LogP contribution in [0.3, 0.4) is 0 Å². The van der Waals surface area contributed by atoms with E-state index in [1.54, 1.807) is 12.1 Å². The van der Waals surface area contributed by atoms with Gasteiger partial charge in [0.25, 0.3) is 0 Å². The highest BCUT2D eigenvalue weighted by atomic mass is 79.9. The average molecular weight is 363 g/mol. The third-order valence-electron chi connectivity index (χ3n) is 3.13. The van der Waals surface area contributed by atoms with Gasteiger partial charge in [-0.2, -0.15) is 4.31 Å². The molecule has 7 heteroatoms. The van der Waals surface area contributed by atoms with Crippen LogP contribution in [0.5, 0.6) is 0 Å². The van der Waals surface area contributed by atoms with Crippen LogP contribution >= 0.6 is 15.9 Å². The van der Waals surface area contributed by atoms with Crippen LogP contribution in [0, 0.1) is 0 Å². The van der Waals surface area contributed by atoms with Gasteiger partial charge in [-0.25, -0.2) is 8.42 Å². The number of hydrogen-bond acceptors (Lipinski definition) is 4. The molecule has 112 valence electrons. The van der Waals surface area contributed by atoms with E-state index in [0.717, 1.165) is 0 Å². The highest BCUT2D eigenvalue weighted by Gasteiger charge is 2.38. The van der Waals surface area contributed by atoms with Crippen molar-refractivity contribution in [3.05, 3.63) is 22.7 Å². The molecular formula is C13H19BrN2O3S. The molecule has 0 amide bonds. The maximum absolute atomic E-state index is 12.8. The summed E-state index contributed by atoms with van der Waals surface area (Å²) in [6.45, 7) is 6.28. The van der Waals surface area contributed by atoms with Gasteiger partial charge in [-0.05, 0) is 39.0 Å². The first-order valence-corrected chi connectivity index (χ1v) is 8.58. The van der Waals surface area contributed by atoms with Gasteiger partial charge in [0.2, 0.25) is 10.0 Å². The molecule has 0 spiro atoms. The topological polar surface area (TPSA) is 72.6 Å². The van der Waals surface area contributed by atoms with Crippen molar-refractivity contribution in [3.63, 3.8) is 0 Å². The SMILES string of the molecule is CC1CN(S(=O)(=O)c2cc(Br)ccc2N)CC(C)(C)O1. The molecule has 2 rings (SSSR count). The lowest BCUT2D eigenvalue weighted by Gasteiger charge is -2.41. The molecule has 1 aromatic carbocycles. The molecule has 1 heterocycles. The van der Waals surface area contributed by atoms with Gasteiger partial charge in [-0.15, -0.1) is 0 Å². The number of rotatable bonds is 2. The fourth-order valence-electron chi connectivity index (χ4n) is 2.45. The number of halogens is 1. The molecular weight excluding hydrogens is 344 g/mol. The quantitative estimate of drug-likeness (QED) is 0.818. The lowest BCUT2D eigenvalue weighted by molar-refractivity contribution is -0.109. The van der Waals surface area contributed by atoms with Gasteiger partial charge in [-0.3, -0.25) is 0 Å². The summed E-state index contributed by atoms with van der Waals surface area (Å²) in [5.41, 5.74) is 5.57. The van der Waals surface area contributed by atoms with Crippen LogP contribution in [0.2, 0.25) is 0 Å². The van der Waals surface area contributed by atoms with Gasteiger partial charge in [0.05, 0.1) is 17.4 Å². The normalized spacial score (nSPS) is 23.7. The van der Waals surface area contributed by atoms with E-state index in [0.29, 0.717) is 17.6 Å². The number of anilines is 1. The molecule has 1 saturated heterocycles. The minimum Gasteiger partial charge on any atom is -0.398 e. The first-order chi connectivity index (χ1) is 9.12. The molecule has 20 heavy (non-hydrogen) atoms. The molecule has 0 bridgehead atoms. The van der Waals surface area contributed by atoms with Crippen molar-refractivity contribution >= 4 is 31.6 Å². The number of benzene rings is 1. The fourth-order valence-corrected chi connectivity index (χ4v) is 4.77. The van der Waals surface area contributed by atoms with E-state index < -0.39 is 15.6 Å². The molecule has 1 aliphatic heterocycles. The molecule has 1 aromatic rings. The van der Waals surface area contributed by atoms with E-state index >= 15 is 0 Å². The van der Waals surface area contributed by atoms with Crippen molar-refractivity contribution in [1.82, 2.24) is 4.31 Å². The second kappa shape index (κ2) is 5.29. The third-order valence-corrected chi connectivity index (χ3v) is 5.49. The van der Waals surface area contributed by atoms with Gasteiger partial charge in [0.15, 0.2) is 0 Å². The Labute approximate surface area is 128 Å². The van der Waals surface area contributed by atoms with Crippen molar-refractivity contribution in [2.75, 3.05) is 18.8 Å². The smallest absolute Gasteiger partial charge is 0.245 e. The number of morpholine rings is 1. The Kier molecular flexibility index (Phi) is 4.17. The van der Waals surface area contributed by atoms with Crippen molar-refractivity contribution in [3.8, 4) is 0 Å². The molecule has 1 atom stereocenters. The Bertz CT molecular complexity index is 616. The lowest BCUT2D eigenvalue weighted by atomic mass is 10.1. The van der Waals surface area contributed by atoms with Crippen molar-refractivity contribution in [1.29, 1.82) is 0 Å². The van der Waals surface area contributed by atoms with E-state index in [-0.39, 0.29) is 16.7 Å². The number of ether oxygens (including phenoxy) is 1. The van der Waals surface area contributed by atoms with Gasteiger partial charge < -0.3 is 10.5 Å². The van der Waals surface area contributed by atoms with Crippen LogP contribution in [0.1, 0.15) is 20.8 Å². The number of hydrogen-bond donors (Lipinski definition) is 1. The summed E-state index contributed by atoms with van der Waals surface area (Å²) in [5.74, 6) is 0. The summed E-state index contributed by atoms with van der Waals surface area (Å²) in [4.78, 5) is 0.136. The van der Waals surface area contributed by atoms with E-state index in [1.807, 2.05) is 20.8 Å². The molecule has 0 radical (unpaired) electrons. The number of sulfonamides is 1. The first kappa shape index (κ1) is 15.8. The van der Waals surface area contributed by atoms with Crippen molar-refractivity contribution < 1.29 is 13.2 Å². The second-order valence-corrected chi connectivity index (χ2v) is 8.49. The van der Waals surface area contributed by atoms with Gasteiger partial charge in [0, 0.05) is 17.6 Å². The molecule has 0 aliphatic carbocycles. The highest BCUT2D eigenvalue weighted by Crippen LogP contribution is 2.30. The first-order valence-electron chi connectivity index (χ1n) is 6.35. The minimum absolute atomic E-state index is 0.136. The molecule has 2 N–H and O–H groups in total. The maximum atomic E-state index is 12.8. The lowest BCUT2D eigenvalue weighted by Crippen LogP contribution is -2.53. The Morgan fingerprint density at radius 1 is 1.45 bits per heavy atom. The largest absolute Gasteiger partial charge is 0.398 e. The van der Waals surface area contributed by atoms with E-state index in [9.17, 15) is 8.42 Å². The van der Waals surface area contributed by atoms with Gasteiger partial charge >= 0.3 is 0 Å². The summed E-state index contributed by atoms with van der Waals surface area (Å²) in [5, 5.41) is 0.